The minimum absolute atomic E-state index is 0.624. The van der Waals surface area contributed by atoms with E-state index in [4.69, 9.17) is 17.0 Å². The minimum Gasteiger partial charge on any atom is -0.497 e. The molecule has 1 fully saturated rings. The topological polar surface area (TPSA) is 47.3 Å². The van der Waals surface area contributed by atoms with Gasteiger partial charge in [-0.05, 0) is 55.7 Å². The zero-order chi connectivity index (χ0) is 14.7. The Labute approximate surface area is 129 Å². The van der Waals surface area contributed by atoms with Gasteiger partial charge in [0.2, 0.25) is 4.77 Å². The second-order valence-corrected chi connectivity index (χ2v) is 5.85. The van der Waals surface area contributed by atoms with Crippen molar-refractivity contribution in [2.75, 3.05) is 20.2 Å². The Morgan fingerprint density at radius 2 is 1.95 bits per heavy atom. The summed E-state index contributed by atoms with van der Waals surface area (Å²) in [6, 6.07) is 7.84. The van der Waals surface area contributed by atoms with Gasteiger partial charge in [-0.3, -0.25) is 5.10 Å². The van der Waals surface area contributed by atoms with E-state index in [1.54, 1.807) is 12.0 Å². The Hall–Kier alpha value is -1.66. The highest BCUT2D eigenvalue weighted by Crippen LogP contribution is 2.18. The van der Waals surface area contributed by atoms with Crippen molar-refractivity contribution < 1.29 is 9.64 Å². The van der Waals surface area contributed by atoms with Gasteiger partial charge in [-0.15, -0.1) is 0 Å². The number of H-pyrrole nitrogens is 1. The molecular weight excluding hydrogens is 284 g/mol. The van der Waals surface area contributed by atoms with Crippen LogP contribution in [-0.2, 0) is 6.67 Å². The van der Waals surface area contributed by atoms with Gasteiger partial charge in [0, 0.05) is 5.56 Å². The van der Waals surface area contributed by atoms with Gasteiger partial charge in [0.05, 0.1) is 20.2 Å². The molecule has 1 aliphatic rings. The number of rotatable bonds is 4. The molecule has 0 aliphatic carbocycles. The summed E-state index contributed by atoms with van der Waals surface area (Å²) >= 11 is 5.37. The van der Waals surface area contributed by atoms with E-state index in [0.717, 1.165) is 23.8 Å². The Morgan fingerprint density at radius 1 is 1.24 bits per heavy atom. The third-order valence-electron chi connectivity index (χ3n) is 3.99. The molecule has 112 valence electrons. The van der Waals surface area contributed by atoms with Gasteiger partial charge in [-0.25, -0.2) is 4.68 Å². The number of aromatic amines is 1. The first kappa shape index (κ1) is 14.3. The quantitative estimate of drug-likeness (QED) is 0.844. The number of likely N-dealkylation sites (tertiary alicyclic amines) is 1. The molecule has 2 N–H and O–H groups in total. The lowest BCUT2D eigenvalue weighted by atomic mass is 10.1. The van der Waals surface area contributed by atoms with Gasteiger partial charge in [0.25, 0.3) is 0 Å². The Morgan fingerprint density at radius 3 is 2.62 bits per heavy atom. The number of quaternary nitrogens is 1. The van der Waals surface area contributed by atoms with Gasteiger partial charge >= 0.3 is 0 Å². The Balaban J connectivity index is 1.78. The molecule has 0 spiro atoms. The third-order valence-corrected chi connectivity index (χ3v) is 4.30. The summed E-state index contributed by atoms with van der Waals surface area (Å²) in [5, 5.41) is 3.32. The fraction of sp³-hybridized carbons (Fsp3) is 0.467. The summed E-state index contributed by atoms with van der Waals surface area (Å²) in [6.07, 6.45) is 3.97. The van der Waals surface area contributed by atoms with E-state index >= 15 is 0 Å². The van der Waals surface area contributed by atoms with Crippen LogP contribution >= 0.6 is 12.2 Å². The van der Waals surface area contributed by atoms with E-state index in [2.05, 4.69) is 10.1 Å². The van der Waals surface area contributed by atoms with Crippen LogP contribution in [0.25, 0.3) is 11.4 Å². The summed E-state index contributed by atoms with van der Waals surface area (Å²) in [6.45, 7) is 3.32. The smallest absolute Gasteiger partial charge is 0.221 e. The molecule has 1 saturated heterocycles. The maximum atomic E-state index is 5.37. The van der Waals surface area contributed by atoms with Gasteiger partial charge in [0.15, 0.2) is 12.5 Å². The maximum absolute atomic E-state index is 5.37. The fourth-order valence-electron chi connectivity index (χ4n) is 2.78. The van der Waals surface area contributed by atoms with E-state index in [9.17, 15) is 0 Å². The number of hydrogen-bond acceptors (Lipinski definition) is 3. The predicted octanol–water partition coefficient (Wildman–Crippen LogP) is 1.64. The molecule has 21 heavy (non-hydrogen) atoms. The maximum Gasteiger partial charge on any atom is 0.221 e. The molecule has 0 atom stereocenters. The molecule has 1 aromatic carbocycles. The van der Waals surface area contributed by atoms with Crippen molar-refractivity contribution in [2.45, 2.75) is 25.9 Å². The second-order valence-electron chi connectivity index (χ2n) is 5.48. The van der Waals surface area contributed by atoms with E-state index in [1.807, 2.05) is 28.9 Å². The number of aromatic nitrogens is 3. The standard InChI is InChI=1S/C15H20N4OS/c1-20-13-7-5-12(6-8-13)14-16-15(21)19(17-14)11-18-9-3-2-4-10-18/h5-8H,2-4,9-11H2,1H3,(H,16,17,21)/p+1. The lowest BCUT2D eigenvalue weighted by molar-refractivity contribution is -0.928. The predicted molar refractivity (Wildman–Crippen MR) is 83.9 cm³/mol. The van der Waals surface area contributed by atoms with Crippen LogP contribution in [-0.4, -0.2) is 35.0 Å². The number of nitrogens with zero attached hydrogens (tertiary/aromatic N) is 2. The number of benzene rings is 1. The van der Waals surface area contributed by atoms with Crippen molar-refractivity contribution in [1.82, 2.24) is 14.8 Å². The van der Waals surface area contributed by atoms with Crippen LogP contribution in [0, 0.1) is 4.77 Å². The highest BCUT2D eigenvalue weighted by atomic mass is 32.1. The van der Waals surface area contributed by atoms with Crippen LogP contribution in [0.3, 0.4) is 0 Å². The summed E-state index contributed by atoms with van der Waals surface area (Å²) in [5.74, 6) is 1.66. The number of hydrogen-bond donors (Lipinski definition) is 2. The SMILES string of the molecule is COc1ccc(-c2nc(=S)n(C[NH+]3CCCCC3)[nH]2)cc1. The zero-order valence-corrected chi connectivity index (χ0v) is 13.1. The van der Waals surface area contributed by atoms with Gasteiger partial charge in [-0.1, -0.05) is 0 Å². The van der Waals surface area contributed by atoms with Crippen LogP contribution in [0.4, 0.5) is 0 Å². The average Bonchev–Trinajstić information content (AvgIpc) is 2.89. The van der Waals surface area contributed by atoms with Crippen LogP contribution in [0.15, 0.2) is 24.3 Å². The molecule has 0 amide bonds. The first-order valence-corrected chi connectivity index (χ1v) is 7.82. The normalized spacial score (nSPS) is 16.0. The highest BCUT2D eigenvalue weighted by Gasteiger charge is 2.15. The molecule has 1 aliphatic heterocycles. The van der Waals surface area contributed by atoms with Crippen molar-refractivity contribution in [1.29, 1.82) is 0 Å². The van der Waals surface area contributed by atoms with E-state index < -0.39 is 0 Å². The zero-order valence-electron chi connectivity index (χ0n) is 12.3. The van der Waals surface area contributed by atoms with Crippen LogP contribution in [0.1, 0.15) is 19.3 Å². The number of piperidine rings is 1. The molecule has 5 nitrogen and oxygen atoms in total. The van der Waals surface area contributed by atoms with Gasteiger partial charge < -0.3 is 9.64 Å². The lowest BCUT2D eigenvalue weighted by Gasteiger charge is -2.23. The summed E-state index contributed by atoms with van der Waals surface area (Å²) in [4.78, 5) is 6.04. The lowest BCUT2D eigenvalue weighted by Crippen LogP contribution is -3.12. The molecule has 3 rings (SSSR count). The first-order valence-electron chi connectivity index (χ1n) is 7.41. The summed E-state index contributed by atoms with van der Waals surface area (Å²) in [7, 11) is 1.67. The minimum atomic E-state index is 0.624. The molecule has 2 aromatic rings. The Kier molecular flexibility index (Phi) is 4.36. The largest absolute Gasteiger partial charge is 0.497 e. The van der Waals surface area contributed by atoms with Crippen LogP contribution in [0.2, 0.25) is 0 Å². The number of nitrogens with one attached hydrogen (secondary N) is 2. The highest BCUT2D eigenvalue weighted by molar-refractivity contribution is 7.71. The average molecular weight is 305 g/mol. The van der Waals surface area contributed by atoms with Crippen molar-refractivity contribution >= 4 is 12.2 Å². The van der Waals surface area contributed by atoms with Crippen molar-refractivity contribution in [3.05, 3.63) is 29.0 Å². The van der Waals surface area contributed by atoms with Crippen molar-refractivity contribution in [2.24, 2.45) is 0 Å². The molecule has 0 saturated carbocycles. The summed E-state index contributed by atoms with van der Waals surface area (Å²) < 4.78 is 7.78. The number of methoxy groups -OCH3 is 1. The molecule has 6 heteroatoms. The monoisotopic (exact) mass is 305 g/mol. The van der Waals surface area contributed by atoms with E-state index in [0.29, 0.717) is 4.77 Å². The van der Waals surface area contributed by atoms with Crippen LogP contribution < -0.4 is 9.64 Å². The first-order chi connectivity index (χ1) is 10.3. The van der Waals surface area contributed by atoms with Crippen LogP contribution in [0.5, 0.6) is 5.75 Å². The molecule has 2 heterocycles. The van der Waals surface area contributed by atoms with E-state index in [1.165, 1.54) is 32.4 Å². The van der Waals surface area contributed by atoms with Gasteiger partial charge in [-0.2, -0.15) is 4.98 Å². The van der Waals surface area contributed by atoms with Crippen molar-refractivity contribution in [3.63, 3.8) is 0 Å². The Bertz CT molecular complexity index is 640. The van der Waals surface area contributed by atoms with Gasteiger partial charge in [0.1, 0.15) is 5.75 Å². The summed E-state index contributed by atoms with van der Waals surface area (Å²) in [5.41, 5.74) is 1.02. The van der Waals surface area contributed by atoms with E-state index in [-0.39, 0.29) is 0 Å². The second kappa shape index (κ2) is 6.41. The van der Waals surface area contributed by atoms with Crippen molar-refractivity contribution in [3.8, 4) is 17.1 Å². The molecule has 0 unspecified atom stereocenters. The molecule has 0 bridgehead atoms. The fourth-order valence-corrected chi connectivity index (χ4v) is 2.98. The third kappa shape index (κ3) is 3.33. The molecule has 0 radical (unpaired) electrons. The number of ether oxygens (including phenoxy) is 1. The molecular formula is C15H21N4OS+. The molecule has 1 aromatic heterocycles.